The minimum atomic E-state index is -0.883. The van der Waals surface area contributed by atoms with E-state index in [1.807, 2.05) is 24.3 Å². The number of hydrogen-bond donors (Lipinski definition) is 1. The summed E-state index contributed by atoms with van der Waals surface area (Å²) in [5, 5.41) is 8.73. The van der Waals surface area contributed by atoms with Crippen molar-refractivity contribution in [1.82, 2.24) is 4.90 Å². The van der Waals surface area contributed by atoms with Crippen LogP contribution in [0.1, 0.15) is 31.1 Å². The van der Waals surface area contributed by atoms with Gasteiger partial charge in [-0.05, 0) is 30.5 Å². The summed E-state index contributed by atoms with van der Waals surface area (Å²) in [5.74, 6) is 0.225. The number of thioether (sulfide) groups is 1. The lowest BCUT2D eigenvalue weighted by molar-refractivity contribution is -0.137. The second-order valence-corrected chi connectivity index (χ2v) is 7.76. The van der Waals surface area contributed by atoms with Gasteiger partial charge in [-0.3, -0.25) is 14.5 Å². The molecule has 0 bridgehead atoms. The number of thiocarbonyl (C=S) groups is 1. The molecule has 1 aliphatic rings. The van der Waals surface area contributed by atoms with E-state index in [-0.39, 0.29) is 12.3 Å². The molecule has 7 heteroatoms. The number of carbonyl (C=O) groups excluding carboxylic acids is 1. The van der Waals surface area contributed by atoms with E-state index in [0.29, 0.717) is 28.0 Å². The molecule has 1 aliphatic heterocycles. The van der Waals surface area contributed by atoms with Gasteiger partial charge in [0.05, 0.1) is 4.91 Å². The Kier molecular flexibility index (Phi) is 6.13. The smallest absolute Gasteiger partial charge is 0.303 e. The molecule has 140 valence electrons. The number of rotatable bonds is 7. The molecule has 1 amide bonds. The van der Waals surface area contributed by atoms with Crippen LogP contribution < -0.4 is 0 Å². The molecule has 0 aliphatic carbocycles. The average molecular weight is 402 g/mol. The largest absolute Gasteiger partial charge is 0.481 e. The number of benzene rings is 1. The second-order valence-electron chi connectivity index (χ2n) is 6.08. The molecule has 0 radical (unpaired) electrons. The summed E-state index contributed by atoms with van der Waals surface area (Å²) in [6, 6.07) is 11.9. The molecule has 1 aromatic carbocycles. The van der Waals surface area contributed by atoms with Crippen molar-refractivity contribution in [2.45, 2.75) is 26.2 Å². The number of carboxylic acids is 1. The van der Waals surface area contributed by atoms with E-state index in [2.05, 4.69) is 19.1 Å². The van der Waals surface area contributed by atoms with Crippen LogP contribution >= 0.6 is 24.0 Å². The third-order valence-electron chi connectivity index (χ3n) is 4.19. The summed E-state index contributed by atoms with van der Waals surface area (Å²) >= 11 is 6.45. The second kappa shape index (κ2) is 8.54. The van der Waals surface area contributed by atoms with Crippen LogP contribution in [-0.2, 0) is 16.0 Å². The maximum Gasteiger partial charge on any atom is 0.303 e. The summed E-state index contributed by atoms with van der Waals surface area (Å²) in [4.78, 5) is 25.1. The topological polar surface area (TPSA) is 70.8 Å². The van der Waals surface area contributed by atoms with Gasteiger partial charge in [-0.2, -0.15) is 0 Å². The van der Waals surface area contributed by atoms with Crippen LogP contribution in [0, 0.1) is 0 Å². The van der Waals surface area contributed by atoms with Gasteiger partial charge >= 0.3 is 5.97 Å². The lowest BCUT2D eigenvalue weighted by atomic mass is 10.1. The van der Waals surface area contributed by atoms with Gasteiger partial charge in [0, 0.05) is 24.6 Å². The summed E-state index contributed by atoms with van der Waals surface area (Å²) < 4.78 is 6.30. The van der Waals surface area contributed by atoms with Crippen LogP contribution in [0.15, 0.2) is 45.7 Å². The Balaban J connectivity index is 1.71. The number of carboxylic acid groups (broad SMARTS) is 1. The number of nitrogens with zero attached hydrogens (tertiary/aromatic N) is 1. The van der Waals surface area contributed by atoms with Gasteiger partial charge in [-0.1, -0.05) is 55.2 Å². The molecule has 0 spiro atoms. The molecular weight excluding hydrogens is 382 g/mol. The minimum absolute atomic E-state index is 0.00841. The summed E-state index contributed by atoms with van der Waals surface area (Å²) in [7, 11) is 0. The quantitative estimate of drug-likeness (QED) is 0.541. The Labute approximate surface area is 167 Å². The zero-order valence-corrected chi connectivity index (χ0v) is 16.4. The van der Waals surface area contributed by atoms with Crippen molar-refractivity contribution in [3.63, 3.8) is 0 Å². The molecule has 0 saturated carbocycles. The van der Waals surface area contributed by atoms with Gasteiger partial charge in [0.25, 0.3) is 5.91 Å². The predicted molar refractivity (Wildman–Crippen MR) is 110 cm³/mol. The molecule has 3 rings (SSSR count). The Morgan fingerprint density at radius 3 is 2.67 bits per heavy atom. The standard InChI is InChI=1S/C20H19NO4S2/c1-2-13-5-7-14(8-6-13)16-10-9-15(25-16)12-17-19(24)21(20(26)27-17)11-3-4-18(22)23/h5-10,12H,2-4,11H2,1H3,(H,22,23). The number of hydrogen-bond acceptors (Lipinski definition) is 5. The van der Waals surface area contributed by atoms with E-state index >= 15 is 0 Å². The van der Waals surface area contributed by atoms with Gasteiger partial charge in [0.2, 0.25) is 0 Å². The molecule has 1 aromatic heterocycles. The number of amides is 1. The third-order valence-corrected chi connectivity index (χ3v) is 5.57. The van der Waals surface area contributed by atoms with Gasteiger partial charge in [0.15, 0.2) is 0 Å². The van der Waals surface area contributed by atoms with Gasteiger partial charge in [-0.15, -0.1) is 0 Å². The zero-order valence-electron chi connectivity index (χ0n) is 14.8. The molecular formula is C20H19NO4S2. The lowest BCUT2D eigenvalue weighted by Crippen LogP contribution is -2.29. The van der Waals surface area contributed by atoms with Crippen molar-refractivity contribution in [3.8, 4) is 11.3 Å². The minimum Gasteiger partial charge on any atom is -0.481 e. The molecule has 1 fully saturated rings. The summed E-state index contributed by atoms with van der Waals surface area (Å²) in [6.45, 7) is 2.42. The number of aryl methyl sites for hydroxylation is 1. The summed E-state index contributed by atoms with van der Waals surface area (Å²) in [6.07, 6.45) is 3.04. The fourth-order valence-electron chi connectivity index (χ4n) is 2.70. The zero-order chi connectivity index (χ0) is 19.4. The average Bonchev–Trinajstić information content (AvgIpc) is 3.22. The van der Waals surface area contributed by atoms with E-state index in [1.54, 1.807) is 6.08 Å². The molecule has 27 heavy (non-hydrogen) atoms. The maximum absolute atomic E-state index is 12.5. The van der Waals surface area contributed by atoms with Crippen LogP contribution in [0.3, 0.4) is 0 Å². The van der Waals surface area contributed by atoms with Crippen molar-refractivity contribution >= 4 is 46.3 Å². The summed E-state index contributed by atoms with van der Waals surface area (Å²) in [5.41, 5.74) is 2.24. The van der Waals surface area contributed by atoms with E-state index in [0.717, 1.165) is 17.7 Å². The first-order chi connectivity index (χ1) is 13.0. The van der Waals surface area contributed by atoms with E-state index in [4.69, 9.17) is 21.7 Å². The first kappa shape index (κ1) is 19.4. The molecule has 5 nitrogen and oxygen atoms in total. The van der Waals surface area contributed by atoms with Gasteiger partial charge < -0.3 is 9.52 Å². The highest BCUT2D eigenvalue weighted by atomic mass is 32.2. The normalized spacial score (nSPS) is 15.7. The van der Waals surface area contributed by atoms with Crippen LogP contribution in [0.2, 0.25) is 0 Å². The Morgan fingerprint density at radius 2 is 2.00 bits per heavy atom. The molecule has 0 unspecified atom stereocenters. The van der Waals surface area contributed by atoms with E-state index in [9.17, 15) is 9.59 Å². The molecule has 2 heterocycles. The van der Waals surface area contributed by atoms with Crippen molar-refractivity contribution in [1.29, 1.82) is 0 Å². The SMILES string of the molecule is CCc1ccc(-c2ccc(C=C3SC(=S)N(CCCC(=O)O)C3=O)o2)cc1. The van der Waals surface area contributed by atoms with Gasteiger partial charge in [-0.25, -0.2) is 0 Å². The highest BCUT2D eigenvalue weighted by Gasteiger charge is 2.31. The third kappa shape index (κ3) is 4.67. The Bertz CT molecular complexity index is 899. The number of carbonyl (C=O) groups is 2. The van der Waals surface area contributed by atoms with Gasteiger partial charge in [0.1, 0.15) is 15.8 Å². The highest BCUT2D eigenvalue weighted by Crippen LogP contribution is 2.33. The van der Waals surface area contributed by atoms with E-state index < -0.39 is 5.97 Å². The molecule has 1 N–H and O–H groups in total. The maximum atomic E-state index is 12.5. The first-order valence-electron chi connectivity index (χ1n) is 8.64. The van der Waals surface area contributed by atoms with Crippen molar-refractivity contribution in [3.05, 3.63) is 52.6 Å². The van der Waals surface area contributed by atoms with Crippen molar-refractivity contribution in [2.24, 2.45) is 0 Å². The predicted octanol–water partition coefficient (Wildman–Crippen LogP) is 4.58. The first-order valence-corrected chi connectivity index (χ1v) is 9.86. The molecule has 2 aromatic rings. The Hall–Kier alpha value is -2.38. The van der Waals surface area contributed by atoms with Crippen LogP contribution in [0.25, 0.3) is 17.4 Å². The van der Waals surface area contributed by atoms with Crippen LogP contribution in [-0.4, -0.2) is 32.7 Å². The lowest BCUT2D eigenvalue weighted by Gasteiger charge is -2.13. The fourth-order valence-corrected chi connectivity index (χ4v) is 3.99. The van der Waals surface area contributed by atoms with E-state index in [1.165, 1.54) is 22.2 Å². The van der Waals surface area contributed by atoms with Crippen molar-refractivity contribution in [2.75, 3.05) is 6.54 Å². The van der Waals surface area contributed by atoms with Crippen molar-refractivity contribution < 1.29 is 19.1 Å². The highest BCUT2D eigenvalue weighted by molar-refractivity contribution is 8.26. The number of aliphatic carboxylic acids is 1. The molecule has 0 atom stereocenters. The monoisotopic (exact) mass is 401 g/mol. The fraction of sp³-hybridized carbons (Fsp3) is 0.250. The van der Waals surface area contributed by atoms with Crippen LogP contribution in [0.4, 0.5) is 0 Å². The number of furan rings is 1. The Morgan fingerprint density at radius 1 is 1.26 bits per heavy atom. The molecule has 1 saturated heterocycles. The van der Waals surface area contributed by atoms with Crippen LogP contribution in [0.5, 0.6) is 0 Å².